The standard InChI is InChI=1S/C20H22FN3O4S/c1-28-15-8-11-17(18(21)13-15)20(25)23-14-6-9-16(10-7-14)29(26,27)24-19-5-3-2-4-12-22-19/h6-11,13H,2-5,12H2,1H3,(H,22,24)(H,23,25). The smallest absolute Gasteiger partial charge is 0.262 e. The van der Waals surface area contributed by atoms with Gasteiger partial charge in [0.25, 0.3) is 15.9 Å². The van der Waals surface area contributed by atoms with Gasteiger partial charge in [0.05, 0.1) is 17.6 Å². The van der Waals surface area contributed by atoms with E-state index in [2.05, 4.69) is 15.0 Å². The molecule has 1 aliphatic heterocycles. The number of methoxy groups -OCH3 is 1. The highest BCUT2D eigenvalue weighted by molar-refractivity contribution is 7.90. The number of nitrogens with one attached hydrogen (secondary N) is 2. The Hall–Kier alpha value is -2.94. The maximum atomic E-state index is 14.0. The maximum absolute atomic E-state index is 14.0. The van der Waals surface area contributed by atoms with Crippen molar-refractivity contribution < 1.29 is 22.3 Å². The summed E-state index contributed by atoms with van der Waals surface area (Å²) < 4.78 is 46.5. The number of nitrogens with zero attached hydrogens (tertiary/aromatic N) is 1. The van der Waals surface area contributed by atoms with Crippen LogP contribution in [0.4, 0.5) is 10.1 Å². The average molecular weight is 419 g/mol. The summed E-state index contributed by atoms with van der Waals surface area (Å²) in [6.07, 6.45) is 3.47. The minimum absolute atomic E-state index is 0.0538. The van der Waals surface area contributed by atoms with Crippen LogP contribution in [0.5, 0.6) is 5.75 Å². The second-order valence-corrected chi connectivity index (χ2v) is 8.25. The Morgan fingerprint density at radius 3 is 2.55 bits per heavy atom. The second kappa shape index (κ2) is 9.04. The molecule has 0 aromatic heterocycles. The van der Waals surface area contributed by atoms with Crippen molar-refractivity contribution in [2.45, 2.75) is 30.6 Å². The molecule has 2 aromatic carbocycles. The normalized spacial score (nSPS) is 14.5. The first-order chi connectivity index (χ1) is 13.9. The zero-order valence-electron chi connectivity index (χ0n) is 15.9. The first-order valence-electron chi connectivity index (χ1n) is 9.20. The lowest BCUT2D eigenvalue weighted by atomic mass is 10.2. The summed E-state index contributed by atoms with van der Waals surface area (Å²) in [6, 6.07) is 9.56. The van der Waals surface area contributed by atoms with Gasteiger partial charge in [-0.25, -0.2) is 12.8 Å². The van der Waals surface area contributed by atoms with Gasteiger partial charge in [0.15, 0.2) is 0 Å². The molecule has 0 saturated carbocycles. The number of rotatable bonds is 5. The molecule has 0 spiro atoms. The highest BCUT2D eigenvalue weighted by Crippen LogP contribution is 2.19. The van der Waals surface area contributed by atoms with E-state index < -0.39 is 21.7 Å². The van der Waals surface area contributed by atoms with Crippen molar-refractivity contribution in [1.82, 2.24) is 4.72 Å². The van der Waals surface area contributed by atoms with Crippen molar-refractivity contribution in [1.29, 1.82) is 0 Å². The van der Waals surface area contributed by atoms with Gasteiger partial charge in [0.2, 0.25) is 0 Å². The van der Waals surface area contributed by atoms with E-state index in [9.17, 15) is 17.6 Å². The third kappa shape index (κ3) is 5.32. The van der Waals surface area contributed by atoms with Crippen molar-refractivity contribution in [2.75, 3.05) is 19.0 Å². The van der Waals surface area contributed by atoms with Crippen LogP contribution < -0.4 is 14.8 Å². The third-order valence-electron chi connectivity index (χ3n) is 4.47. The number of carbonyl (C=O) groups excluding carboxylic acids is 1. The molecule has 3 rings (SSSR count). The Balaban J connectivity index is 1.69. The zero-order valence-corrected chi connectivity index (χ0v) is 16.8. The van der Waals surface area contributed by atoms with Crippen LogP contribution in [-0.4, -0.2) is 33.8 Å². The molecule has 1 amide bonds. The molecule has 1 aliphatic rings. The molecule has 0 bridgehead atoms. The van der Waals surface area contributed by atoms with Gasteiger partial charge in [-0.2, -0.15) is 0 Å². The van der Waals surface area contributed by atoms with Gasteiger partial charge in [-0.1, -0.05) is 6.42 Å². The fraction of sp³-hybridized carbons (Fsp3) is 0.300. The van der Waals surface area contributed by atoms with Gasteiger partial charge in [-0.3, -0.25) is 14.5 Å². The molecular weight excluding hydrogens is 397 g/mol. The SMILES string of the molecule is COc1ccc(C(=O)Nc2ccc(S(=O)(=O)NC3=NCCCCC3)cc2)c(F)c1. The molecule has 0 fully saturated rings. The summed E-state index contributed by atoms with van der Waals surface area (Å²) in [5.41, 5.74) is 0.200. The molecule has 2 N–H and O–H groups in total. The van der Waals surface area contributed by atoms with Gasteiger partial charge < -0.3 is 10.1 Å². The number of benzene rings is 2. The number of ether oxygens (including phenoxy) is 1. The van der Waals surface area contributed by atoms with E-state index in [1.54, 1.807) is 0 Å². The van der Waals surface area contributed by atoms with Gasteiger partial charge in [0.1, 0.15) is 17.4 Å². The van der Waals surface area contributed by atoms with Crippen LogP contribution in [0.2, 0.25) is 0 Å². The summed E-state index contributed by atoms with van der Waals surface area (Å²) >= 11 is 0. The van der Waals surface area contributed by atoms with E-state index in [4.69, 9.17) is 4.74 Å². The third-order valence-corrected chi connectivity index (χ3v) is 5.87. The average Bonchev–Trinajstić information content (AvgIpc) is 2.96. The molecular formula is C20H22FN3O4S. The van der Waals surface area contributed by atoms with Crippen LogP contribution in [-0.2, 0) is 10.0 Å². The monoisotopic (exact) mass is 419 g/mol. The molecule has 7 nitrogen and oxygen atoms in total. The van der Waals surface area contributed by atoms with Crippen LogP contribution >= 0.6 is 0 Å². The lowest BCUT2D eigenvalue weighted by Crippen LogP contribution is -2.30. The van der Waals surface area contributed by atoms with Crippen molar-refractivity contribution in [3.05, 3.63) is 53.8 Å². The molecule has 29 heavy (non-hydrogen) atoms. The quantitative estimate of drug-likeness (QED) is 0.777. The van der Waals surface area contributed by atoms with Gasteiger partial charge in [-0.15, -0.1) is 0 Å². The highest BCUT2D eigenvalue weighted by Gasteiger charge is 2.18. The summed E-state index contributed by atoms with van der Waals surface area (Å²) in [4.78, 5) is 16.6. The van der Waals surface area contributed by atoms with Crippen molar-refractivity contribution in [3.63, 3.8) is 0 Å². The Kier molecular flexibility index (Phi) is 6.48. The molecule has 0 radical (unpaired) electrons. The minimum Gasteiger partial charge on any atom is -0.497 e. The number of carbonyl (C=O) groups is 1. The van der Waals surface area contributed by atoms with E-state index >= 15 is 0 Å². The fourth-order valence-electron chi connectivity index (χ4n) is 2.89. The number of halogens is 1. The van der Waals surface area contributed by atoms with E-state index in [0.717, 1.165) is 25.3 Å². The molecule has 0 atom stereocenters. The lowest BCUT2D eigenvalue weighted by molar-refractivity contribution is 0.102. The fourth-order valence-corrected chi connectivity index (χ4v) is 3.98. The first-order valence-corrected chi connectivity index (χ1v) is 10.7. The van der Waals surface area contributed by atoms with Gasteiger partial charge in [0, 0.05) is 24.7 Å². The molecule has 154 valence electrons. The summed E-state index contributed by atoms with van der Waals surface area (Å²) in [5.74, 6) is -0.588. The van der Waals surface area contributed by atoms with E-state index in [0.29, 0.717) is 30.2 Å². The Labute approximate surface area is 169 Å². The molecule has 2 aromatic rings. The van der Waals surface area contributed by atoms with E-state index in [1.807, 2.05) is 0 Å². The summed E-state index contributed by atoms with van der Waals surface area (Å²) in [5, 5.41) is 2.55. The van der Waals surface area contributed by atoms with Crippen LogP contribution in [0.15, 0.2) is 52.4 Å². The topological polar surface area (TPSA) is 96.9 Å². The van der Waals surface area contributed by atoms with Crippen molar-refractivity contribution in [2.24, 2.45) is 4.99 Å². The van der Waals surface area contributed by atoms with E-state index in [1.165, 1.54) is 43.5 Å². The number of sulfonamides is 1. The summed E-state index contributed by atoms with van der Waals surface area (Å²) in [7, 11) is -2.35. The Morgan fingerprint density at radius 2 is 1.86 bits per heavy atom. The number of amides is 1. The predicted molar refractivity (Wildman–Crippen MR) is 108 cm³/mol. The van der Waals surface area contributed by atoms with Gasteiger partial charge >= 0.3 is 0 Å². The Morgan fingerprint density at radius 1 is 1.10 bits per heavy atom. The number of hydrogen-bond acceptors (Lipinski definition) is 5. The lowest BCUT2D eigenvalue weighted by Gasteiger charge is -2.11. The van der Waals surface area contributed by atoms with Gasteiger partial charge in [-0.05, 0) is 49.2 Å². The number of anilines is 1. The van der Waals surface area contributed by atoms with Crippen LogP contribution in [0.1, 0.15) is 36.0 Å². The van der Waals surface area contributed by atoms with Crippen molar-refractivity contribution >= 4 is 27.5 Å². The van der Waals surface area contributed by atoms with Crippen molar-refractivity contribution in [3.8, 4) is 5.75 Å². The van der Waals surface area contributed by atoms with Crippen LogP contribution in [0, 0.1) is 5.82 Å². The molecule has 0 saturated heterocycles. The molecule has 1 heterocycles. The zero-order chi connectivity index (χ0) is 20.9. The second-order valence-electron chi connectivity index (χ2n) is 6.57. The highest BCUT2D eigenvalue weighted by atomic mass is 32.2. The summed E-state index contributed by atoms with van der Waals surface area (Å²) in [6.45, 7) is 0.616. The first kappa shape index (κ1) is 20.8. The van der Waals surface area contributed by atoms with E-state index in [-0.39, 0.29) is 10.5 Å². The number of aliphatic imine (C=N–C) groups is 1. The number of hydrogen-bond donors (Lipinski definition) is 2. The minimum atomic E-state index is -3.76. The van der Waals surface area contributed by atoms with Crippen LogP contribution in [0.3, 0.4) is 0 Å². The predicted octanol–water partition coefficient (Wildman–Crippen LogP) is 3.34. The molecule has 0 unspecified atom stereocenters. The molecule has 9 heteroatoms. The Bertz CT molecular complexity index is 1020. The number of amidine groups is 1. The molecule has 0 aliphatic carbocycles. The maximum Gasteiger partial charge on any atom is 0.262 e. The largest absolute Gasteiger partial charge is 0.497 e. The van der Waals surface area contributed by atoms with Crippen LogP contribution in [0.25, 0.3) is 0 Å².